The van der Waals surface area contributed by atoms with Gasteiger partial charge < -0.3 is 4.57 Å². The molecule has 0 aliphatic carbocycles. The first-order valence-corrected chi connectivity index (χ1v) is 5.80. The Morgan fingerprint density at radius 3 is 2.54 bits per heavy atom. The summed E-state index contributed by atoms with van der Waals surface area (Å²) in [5.74, 6) is 2.58. The molecule has 0 N–H and O–H groups in total. The van der Waals surface area contributed by atoms with E-state index in [9.17, 15) is 0 Å². The van der Waals surface area contributed by atoms with E-state index in [0.29, 0.717) is 5.92 Å². The van der Waals surface area contributed by atoms with Gasteiger partial charge in [0.1, 0.15) is 11.6 Å². The summed E-state index contributed by atoms with van der Waals surface area (Å²) < 4.78 is 2.21. The monoisotopic (exact) mass is 245 g/mol. The molecule has 1 rings (SSSR count). The fourth-order valence-corrected chi connectivity index (χ4v) is 1.76. The minimum Gasteiger partial charge on any atom is -0.314 e. The summed E-state index contributed by atoms with van der Waals surface area (Å²) >= 11 is 3.42. The largest absolute Gasteiger partial charge is 0.314 e. The van der Waals surface area contributed by atoms with E-state index in [-0.39, 0.29) is 0 Å². The van der Waals surface area contributed by atoms with Crippen molar-refractivity contribution < 1.29 is 0 Å². The maximum atomic E-state index is 4.19. The lowest BCUT2D eigenvalue weighted by molar-refractivity contribution is 0.596. The summed E-state index contributed by atoms with van der Waals surface area (Å²) in [6, 6.07) is 0. The summed E-state index contributed by atoms with van der Waals surface area (Å²) in [6.07, 6.45) is 1.12. The molecule has 0 saturated carbocycles. The molecule has 0 atom stereocenters. The van der Waals surface area contributed by atoms with Crippen molar-refractivity contribution in [3.63, 3.8) is 0 Å². The highest BCUT2D eigenvalue weighted by Gasteiger charge is 2.12. The van der Waals surface area contributed by atoms with E-state index in [1.807, 2.05) is 0 Å². The highest BCUT2D eigenvalue weighted by atomic mass is 79.9. The zero-order valence-electron chi connectivity index (χ0n) is 8.42. The SMILES string of the molecule is CCCn1c(CBr)nnc1C(C)C. The molecule has 13 heavy (non-hydrogen) atoms. The maximum absolute atomic E-state index is 4.19. The van der Waals surface area contributed by atoms with Crippen LogP contribution in [0, 0.1) is 0 Å². The fourth-order valence-electron chi connectivity index (χ4n) is 1.34. The van der Waals surface area contributed by atoms with Gasteiger partial charge in [-0.3, -0.25) is 0 Å². The minimum atomic E-state index is 0.451. The zero-order chi connectivity index (χ0) is 9.84. The second-order valence-electron chi connectivity index (χ2n) is 3.41. The molecule has 3 nitrogen and oxygen atoms in total. The minimum absolute atomic E-state index is 0.451. The normalized spacial score (nSPS) is 11.2. The first kappa shape index (κ1) is 10.7. The van der Waals surface area contributed by atoms with Gasteiger partial charge in [-0.2, -0.15) is 0 Å². The molecule has 0 aliphatic heterocycles. The van der Waals surface area contributed by atoms with Gasteiger partial charge in [0.15, 0.2) is 0 Å². The van der Waals surface area contributed by atoms with Crippen molar-refractivity contribution in [1.82, 2.24) is 14.8 Å². The summed E-state index contributed by atoms with van der Waals surface area (Å²) in [4.78, 5) is 0. The van der Waals surface area contributed by atoms with Crippen LogP contribution in [-0.2, 0) is 11.9 Å². The molecule has 0 saturated heterocycles. The summed E-state index contributed by atoms with van der Waals surface area (Å²) in [7, 11) is 0. The van der Waals surface area contributed by atoms with Gasteiger partial charge in [0.2, 0.25) is 0 Å². The third-order valence-electron chi connectivity index (χ3n) is 1.94. The number of rotatable bonds is 4. The van der Waals surface area contributed by atoms with E-state index >= 15 is 0 Å². The summed E-state index contributed by atoms with van der Waals surface area (Å²) in [5, 5.41) is 9.11. The van der Waals surface area contributed by atoms with Gasteiger partial charge in [-0.05, 0) is 6.42 Å². The van der Waals surface area contributed by atoms with E-state index in [1.54, 1.807) is 0 Å². The molecular formula is C9H16BrN3. The number of nitrogens with zero attached hydrogens (tertiary/aromatic N) is 3. The second-order valence-corrected chi connectivity index (χ2v) is 3.98. The number of hydrogen-bond acceptors (Lipinski definition) is 2. The average molecular weight is 246 g/mol. The summed E-state index contributed by atoms with van der Waals surface area (Å²) in [6.45, 7) is 7.48. The van der Waals surface area contributed by atoms with E-state index in [2.05, 4.69) is 51.5 Å². The van der Waals surface area contributed by atoms with Crippen molar-refractivity contribution in [3.05, 3.63) is 11.6 Å². The Balaban J connectivity index is 2.99. The Bertz CT molecular complexity index is 268. The lowest BCUT2D eigenvalue weighted by atomic mass is 10.2. The molecule has 0 spiro atoms. The van der Waals surface area contributed by atoms with E-state index < -0.39 is 0 Å². The van der Waals surface area contributed by atoms with Crippen molar-refractivity contribution in [1.29, 1.82) is 0 Å². The molecule has 0 fully saturated rings. The van der Waals surface area contributed by atoms with Crippen LogP contribution in [0.1, 0.15) is 44.8 Å². The molecule has 0 aromatic carbocycles. The fraction of sp³-hybridized carbons (Fsp3) is 0.778. The maximum Gasteiger partial charge on any atom is 0.143 e. The highest BCUT2D eigenvalue weighted by Crippen LogP contribution is 2.15. The van der Waals surface area contributed by atoms with Crippen molar-refractivity contribution in [2.24, 2.45) is 0 Å². The van der Waals surface area contributed by atoms with Crippen LogP contribution < -0.4 is 0 Å². The summed E-state index contributed by atoms with van der Waals surface area (Å²) in [5.41, 5.74) is 0. The van der Waals surface area contributed by atoms with Crippen molar-refractivity contribution in [2.45, 2.75) is 45.0 Å². The molecule has 0 radical (unpaired) electrons. The lowest BCUT2D eigenvalue weighted by Gasteiger charge is -2.09. The van der Waals surface area contributed by atoms with Gasteiger partial charge in [-0.25, -0.2) is 0 Å². The Morgan fingerprint density at radius 1 is 1.38 bits per heavy atom. The molecule has 1 aromatic heterocycles. The van der Waals surface area contributed by atoms with E-state index in [4.69, 9.17) is 0 Å². The first-order chi connectivity index (χ1) is 6.20. The highest BCUT2D eigenvalue weighted by molar-refractivity contribution is 9.08. The standard InChI is InChI=1S/C9H16BrN3/c1-4-5-13-8(6-10)11-12-9(13)7(2)3/h7H,4-6H2,1-3H3. The molecule has 0 unspecified atom stereocenters. The smallest absolute Gasteiger partial charge is 0.143 e. The van der Waals surface area contributed by atoms with Crippen molar-refractivity contribution >= 4 is 15.9 Å². The van der Waals surface area contributed by atoms with Crippen LogP contribution in [0.2, 0.25) is 0 Å². The Hall–Kier alpha value is -0.380. The predicted molar refractivity (Wildman–Crippen MR) is 57.0 cm³/mol. The first-order valence-electron chi connectivity index (χ1n) is 4.68. The van der Waals surface area contributed by atoms with E-state index in [0.717, 1.165) is 29.9 Å². The van der Waals surface area contributed by atoms with Gasteiger partial charge in [0.05, 0.1) is 5.33 Å². The van der Waals surface area contributed by atoms with Crippen LogP contribution in [0.4, 0.5) is 0 Å². The molecule has 1 aromatic rings. The van der Waals surface area contributed by atoms with E-state index in [1.165, 1.54) is 0 Å². The van der Waals surface area contributed by atoms with Crippen LogP contribution >= 0.6 is 15.9 Å². The Morgan fingerprint density at radius 2 is 2.08 bits per heavy atom. The van der Waals surface area contributed by atoms with Gasteiger partial charge in [0, 0.05) is 12.5 Å². The van der Waals surface area contributed by atoms with Crippen LogP contribution in [0.15, 0.2) is 0 Å². The van der Waals surface area contributed by atoms with Gasteiger partial charge in [-0.1, -0.05) is 36.7 Å². The molecule has 0 bridgehead atoms. The Kier molecular flexibility index (Phi) is 3.90. The average Bonchev–Trinajstić information content (AvgIpc) is 2.48. The van der Waals surface area contributed by atoms with Crippen molar-refractivity contribution in [2.75, 3.05) is 0 Å². The van der Waals surface area contributed by atoms with Crippen molar-refractivity contribution in [3.8, 4) is 0 Å². The molecule has 0 aliphatic rings. The van der Waals surface area contributed by atoms with Gasteiger partial charge >= 0.3 is 0 Å². The molecule has 0 amide bonds. The number of halogens is 1. The molecule has 1 heterocycles. The topological polar surface area (TPSA) is 30.7 Å². The lowest BCUT2D eigenvalue weighted by Crippen LogP contribution is -2.07. The van der Waals surface area contributed by atoms with Gasteiger partial charge in [-0.15, -0.1) is 10.2 Å². The second kappa shape index (κ2) is 4.74. The molecular weight excluding hydrogens is 230 g/mol. The van der Waals surface area contributed by atoms with Gasteiger partial charge in [0.25, 0.3) is 0 Å². The van der Waals surface area contributed by atoms with Crippen LogP contribution in [-0.4, -0.2) is 14.8 Å². The molecule has 74 valence electrons. The Labute approximate surface area is 87.7 Å². The predicted octanol–water partition coefficient (Wildman–Crippen LogP) is 2.71. The molecule has 4 heteroatoms. The third-order valence-corrected chi connectivity index (χ3v) is 2.44. The van der Waals surface area contributed by atoms with Crippen LogP contribution in [0.25, 0.3) is 0 Å². The van der Waals surface area contributed by atoms with Crippen LogP contribution in [0.5, 0.6) is 0 Å². The number of aromatic nitrogens is 3. The van der Waals surface area contributed by atoms with Crippen LogP contribution in [0.3, 0.4) is 0 Å². The zero-order valence-corrected chi connectivity index (χ0v) is 10.0. The number of hydrogen-bond donors (Lipinski definition) is 0. The number of alkyl halides is 1. The quantitative estimate of drug-likeness (QED) is 0.765. The third kappa shape index (κ3) is 2.30.